The van der Waals surface area contributed by atoms with Crippen molar-refractivity contribution in [1.82, 2.24) is 18.4 Å². The molecule has 1 saturated heterocycles. The number of pyridine rings is 2. The summed E-state index contributed by atoms with van der Waals surface area (Å²) in [5, 5.41) is 10.6. The average molecular weight is 615 g/mol. The van der Waals surface area contributed by atoms with Crippen molar-refractivity contribution in [2.24, 2.45) is 0 Å². The molecular formula is C32H27FN4O6S. The van der Waals surface area contributed by atoms with Crippen molar-refractivity contribution in [2.75, 3.05) is 0 Å². The van der Waals surface area contributed by atoms with Gasteiger partial charge in [-0.2, -0.15) is 0 Å². The van der Waals surface area contributed by atoms with E-state index in [1.165, 1.54) is 37.8 Å². The van der Waals surface area contributed by atoms with Crippen LogP contribution in [0.5, 0.6) is 5.75 Å². The van der Waals surface area contributed by atoms with Gasteiger partial charge in [0.25, 0.3) is 15.6 Å². The number of aromatic nitrogens is 3. The van der Waals surface area contributed by atoms with Crippen LogP contribution in [0.25, 0.3) is 16.6 Å². The van der Waals surface area contributed by atoms with Crippen LogP contribution in [0.1, 0.15) is 41.4 Å². The van der Waals surface area contributed by atoms with Gasteiger partial charge < -0.3 is 9.84 Å². The lowest BCUT2D eigenvalue weighted by atomic mass is 9.97. The standard InChI is InChI=1S/C32H27FN4O6S/c1-19-2-8-25(9-3-19)44(41,42)37-28-14-22(6-10-26(28)31-27-11-7-23(15-29(31)37)36(27)32(39)40)35-13-12-24(16-30(35)38)43-18-21-5-4-20(33)17-34-21/h2-6,8-10,12-14,16-17,23,27H,7,11,15,18H2,1H3,(H,39,40). The van der Waals surface area contributed by atoms with Crippen molar-refractivity contribution in [3.63, 3.8) is 0 Å². The zero-order chi connectivity index (χ0) is 30.7. The minimum Gasteiger partial charge on any atom is -0.487 e. The van der Waals surface area contributed by atoms with E-state index in [4.69, 9.17) is 4.74 Å². The van der Waals surface area contributed by atoms with Crippen LogP contribution in [0.15, 0.2) is 88.8 Å². The van der Waals surface area contributed by atoms with Gasteiger partial charge in [-0.25, -0.2) is 21.6 Å². The fraction of sp³-hybridized carbons (Fsp3) is 0.219. The molecule has 7 rings (SSSR count). The van der Waals surface area contributed by atoms with Gasteiger partial charge in [-0.15, -0.1) is 0 Å². The number of carboxylic acid groups (broad SMARTS) is 1. The second-order valence-electron chi connectivity index (χ2n) is 11.1. The van der Waals surface area contributed by atoms with Gasteiger partial charge in [0.1, 0.15) is 18.2 Å². The summed E-state index contributed by atoms with van der Waals surface area (Å²) in [5.41, 5.74) is 3.09. The van der Waals surface area contributed by atoms with Gasteiger partial charge in [-0.3, -0.25) is 19.2 Å². The molecule has 1 amide bonds. The summed E-state index contributed by atoms with van der Waals surface area (Å²) < 4.78 is 50.0. The third-order valence-electron chi connectivity index (χ3n) is 8.44. The summed E-state index contributed by atoms with van der Waals surface area (Å²) in [6.45, 7) is 1.92. The second kappa shape index (κ2) is 10.3. The van der Waals surface area contributed by atoms with Gasteiger partial charge in [0.2, 0.25) is 0 Å². The van der Waals surface area contributed by atoms with Crippen LogP contribution < -0.4 is 10.3 Å². The number of hydrogen-bond donors (Lipinski definition) is 1. The van der Waals surface area contributed by atoms with Gasteiger partial charge in [-0.1, -0.05) is 23.8 Å². The van der Waals surface area contributed by atoms with Crippen LogP contribution in [-0.2, 0) is 23.1 Å². The summed E-state index contributed by atoms with van der Waals surface area (Å²) in [7, 11) is -4.08. The van der Waals surface area contributed by atoms with Crippen LogP contribution in [0.3, 0.4) is 0 Å². The number of benzene rings is 2. The van der Waals surface area contributed by atoms with Crippen LogP contribution in [0.2, 0.25) is 0 Å². The lowest BCUT2D eigenvalue weighted by Crippen LogP contribution is -2.41. The molecule has 0 saturated carbocycles. The third-order valence-corrected chi connectivity index (χ3v) is 10.2. The fourth-order valence-corrected chi connectivity index (χ4v) is 7.99. The minimum absolute atomic E-state index is 0.0428. The molecule has 10 nitrogen and oxygen atoms in total. The maximum Gasteiger partial charge on any atom is 0.408 e. The first-order chi connectivity index (χ1) is 21.1. The van der Waals surface area contributed by atoms with Crippen LogP contribution >= 0.6 is 0 Å². The van der Waals surface area contributed by atoms with E-state index in [0.29, 0.717) is 52.1 Å². The number of fused-ring (bicyclic) bond motifs is 6. The largest absolute Gasteiger partial charge is 0.487 e. The summed E-state index contributed by atoms with van der Waals surface area (Å²) in [6.07, 6.45) is 3.12. The highest BCUT2D eigenvalue weighted by atomic mass is 32.2. The van der Waals surface area contributed by atoms with Crippen molar-refractivity contribution in [3.05, 3.63) is 118 Å². The van der Waals surface area contributed by atoms with E-state index in [1.54, 1.807) is 48.5 Å². The molecule has 44 heavy (non-hydrogen) atoms. The van der Waals surface area contributed by atoms with Crippen molar-refractivity contribution in [2.45, 2.75) is 49.8 Å². The van der Waals surface area contributed by atoms with Crippen LogP contribution in [0.4, 0.5) is 9.18 Å². The zero-order valence-electron chi connectivity index (χ0n) is 23.6. The highest BCUT2D eigenvalue weighted by molar-refractivity contribution is 7.90. The summed E-state index contributed by atoms with van der Waals surface area (Å²) in [5.74, 6) is -0.164. The Morgan fingerprint density at radius 3 is 2.57 bits per heavy atom. The van der Waals surface area contributed by atoms with Gasteiger partial charge in [0, 0.05) is 41.4 Å². The number of amides is 1. The molecule has 0 radical (unpaired) electrons. The van der Waals surface area contributed by atoms with E-state index < -0.39 is 33.5 Å². The number of halogens is 1. The molecule has 224 valence electrons. The number of ether oxygens (including phenoxy) is 1. The lowest BCUT2D eigenvalue weighted by molar-refractivity contribution is 0.117. The van der Waals surface area contributed by atoms with E-state index in [9.17, 15) is 27.5 Å². The molecule has 1 N–H and O–H groups in total. The van der Waals surface area contributed by atoms with Crippen molar-refractivity contribution < 1.29 is 27.4 Å². The zero-order valence-corrected chi connectivity index (χ0v) is 24.4. The number of aryl methyl sites for hydroxylation is 1. The monoisotopic (exact) mass is 614 g/mol. The second-order valence-corrected chi connectivity index (χ2v) is 12.9. The molecule has 0 spiro atoms. The molecule has 2 aliphatic rings. The lowest BCUT2D eigenvalue weighted by Gasteiger charge is -2.33. The average Bonchev–Trinajstić information content (AvgIpc) is 3.50. The Morgan fingerprint density at radius 1 is 1.07 bits per heavy atom. The first kappa shape index (κ1) is 27.8. The molecule has 3 aromatic heterocycles. The normalized spacial score (nSPS) is 17.5. The Balaban J connectivity index is 1.33. The summed E-state index contributed by atoms with van der Waals surface area (Å²) >= 11 is 0. The Hall–Kier alpha value is -4.97. The van der Waals surface area contributed by atoms with Gasteiger partial charge in [0.15, 0.2) is 0 Å². The molecule has 5 heterocycles. The van der Waals surface area contributed by atoms with Crippen molar-refractivity contribution in [1.29, 1.82) is 0 Å². The molecule has 1 fully saturated rings. The molecule has 0 aliphatic carbocycles. The number of carbonyl (C=O) groups is 1. The highest BCUT2D eigenvalue weighted by Crippen LogP contribution is 2.48. The molecule has 12 heteroatoms. The maximum atomic E-state index is 14.2. The predicted octanol–water partition coefficient (Wildman–Crippen LogP) is 5.19. The van der Waals surface area contributed by atoms with Gasteiger partial charge >= 0.3 is 6.09 Å². The van der Waals surface area contributed by atoms with Crippen LogP contribution in [0, 0.1) is 12.7 Å². The SMILES string of the molecule is Cc1ccc(S(=O)(=O)n2c3c(c4ccc(-n5ccc(OCc6ccc(F)cn6)cc5=O)cc42)C2CCC(C3)N2C(=O)O)cc1. The molecule has 2 aromatic carbocycles. The number of nitrogens with zero attached hydrogens (tertiary/aromatic N) is 4. The molecule has 2 unspecified atom stereocenters. The predicted molar refractivity (Wildman–Crippen MR) is 159 cm³/mol. The summed E-state index contributed by atoms with van der Waals surface area (Å²) in [4.78, 5) is 30.9. The molecular weight excluding hydrogens is 587 g/mol. The number of rotatable bonds is 6. The van der Waals surface area contributed by atoms with E-state index in [0.717, 1.165) is 11.8 Å². The first-order valence-electron chi connectivity index (χ1n) is 14.1. The Morgan fingerprint density at radius 2 is 1.86 bits per heavy atom. The number of hydrogen-bond acceptors (Lipinski definition) is 6. The highest BCUT2D eigenvalue weighted by Gasteiger charge is 2.46. The maximum absolute atomic E-state index is 14.2. The third kappa shape index (κ3) is 4.53. The molecule has 2 bridgehead atoms. The van der Waals surface area contributed by atoms with E-state index >= 15 is 0 Å². The minimum atomic E-state index is -4.08. The first-order valence-corrected chi connectivity index (χ1v) is 15.5. The van der Waals surface area contributed by atoms with E-state index in [1.807, 2.05) is 6.92 Å². The quantitative estimate of drug-likeness (QED) is 0.279. The van der Waals surface area contributed by atoms with Gasteiger partial charge in [-0.05, 0) is 62.2 Å². The Labute approximate surface area is 251 Å². The van der Waals surface area contributed by atoms with E-state index in [-0.39, 0.29) is 24.0 Å². The summed E-state index contributed by atoms with van der Waals surface area (Å²) in [6, 6.07) is 16.7. The van der Waals surface area contributed by atoms with E-state index in [2.05, 4.69) is 4.98 Å². The fourth-order valence-electron chi connectivity index (χ4n) is 6.42. The van der Waals surface area contributed by atoms with Crippen LogP contribution in [-0.4, -0.2) is 44.1 Å². The smallest absolute Gasteiger partial charge is 0.408 e. The van der Waals surface area contributed by atoms with Crippen molar-refractivity contribution in [3.8, 4) is 11.4 Å². The Kier molecular flexibility index (Phi) is 6.54. The Bertz CT molecular complexity index is 2110. The topological polar surface area (TPSA) is 124 Å². The molecule has 5 aromatic rings. The van der Waals surface area contributed by atoms with Crippen molar-refractivity contribution >= 4 is 27.0 Å². The molecule has 2 aliphatic heterocycles. The molecule has 2 atom stereocenters. The van der Waals surface area contributed by atoms with Gasteiger partial charge in [0.05, 0.1) is 34.0 Å².